The van der Waals surface area contributed by atoms with E-state index in [1.807, 2.05) is 34.9 Å². The van der Waals surface area contributed by atoms with Gasteiger partial charge in [0.2, 0.25) is 0 Å². The van der Waals surface area contributed by atoms with Crippen LogP contribution < -0.4 is 10.4 Å². The van der Waals surface area contributed by atoms with Gasteiger partial charge in [-0.15, -0.1) is 11.8 Å². The average molecular weight is 464 g/mol. The predicted molar refractivity (Wildman–Crippen MR) is 135 cm³/mol. The molecule has 0 amide bonds. The second-order valence-corrected chi connectivity index (χ2v) is 9.33. The van der Waals surface area contributed by atoms with Crippen molar-refractivity contribution in [3.8, 4) is 5.75 Å². The maximum atomic E-state index is 12.8. The van der Waals surface area contributed by atoms with Crippen LogP contribution in [-0.4, -0.2) is 34.1 Å². The molecule has 0 unspecified atom stereocenters. The Kier molecular flexibility index (Phi) is 8.24. The van der Waals surface area contributed by atoms with Gasteiger partial charge in [0.1, 0.15) is 17.4 Å². The minimum atomic E-state index is -0.102. The van der Waals surface area contributed by atoms with Crippen LogP contribution in [0.15, 0.2) is 64.4 Å². The molecule has 1 heterocycles. The molecule has 0 atom stereocenters. The molecule has 1 aliphatic rings. The fourth-order valence-corrected chi connectivity index (χ4v) is 5.32. The second-order valence-electron chi connectivity index (χ2n) is 8.36. The number of likely N-dealkylation sites (N-methyl/N-ethyl adjacent to an activating group) is 1. The van der Waals surface area contributed by atoms with Crippen LogP contribution in [0.25, 0.3) is 0 Å². The third-order valence-corrected chi connectivity index (χ3v) is 7.37. The van der Waals surface area contributed by atoms with E-state index in [0.717, 1.165) is 67.5 Å². The number of ether oxygens (including phenoxy) is 1. The summed E-state index contributed by atoms with van der Waals surface area (Å²) in [5, 5.41) is 0.913. The molecule has 0 saturated heterocycles. The van der Waals surface area contributed by atoms with Gasteiger partial charge in [-0.3, -0.25) is 4.57 Å². The van der Waals surface area contributed by atoms with Gasteiger partial charge in [-0.05, 0) is 55.6 Å². The third kappa shape index (κ3) is 6.06. The molecule has 0 saturated carbocycles. The number of thioether (sulfide) groups is 1. The van der Waals surface area contributed by atoms with Crippen molar-refractivity contribution in [2.75, 3.05) is 19.6 Å². The average Bonchev–Trinajstić information content (AvgIpc) is 3.34. The monoisotopic (exact) mass is 463 g/mol. The Balaban J connectivity index is 1.38. The van der Waals surface area contributed by atoms with Crippen molar-refractivity contribution in [1.82, 2.24) is 14.5 Å². The quantitative estimate of drug-likeness (QED) is 0.298. The lowest BCUT2D eigenvalue weighted by Gasteiger charge is -2.20. The highest BCUT2D eigenvalue weighted by Crippen LogP contribution is 2.31. The van der Waals surface area contributed by atoms with E-state index in [1.165, 1.54) is 16.8 Å². The summed E-state index contributed by atoms with van der Waals surface area (Å²) >= 11 is 1.68. The number of hydrogen-bond acceptors (Lipinski definition) is 5. The third-order valence-electron chi connectivity index (χ3n) is 6.28. The van der Waals surface area contributed by atoms with Crippen LogP contribution in [0, 0.1) is 0 Å². The van der Waals surface area contributed by atoms with Crippen LogP contribution in [0.3, 0.4) is 0 Å². The lowest BCUT2D eigenvalue weighted by molar-refractivity contribution is 0.286. The first-order valence-electron chi connectivity index (χ1n) is 11.9. The normalized spacial score (nSPS) is 12.8. The standard InChI is InChI=1S/C27H33N3O2S/c1-3-29(4-2)17-18-30-25-12-8-11-24(25)26(28-27(30)31)33-20-22-13-15-23(16-14-22)32-19-21-9-6-5-7-10-21/h5-7,9-10,13-16H,3-4,8,11-12,17-20H2,1-2H3. The molecular formula is C27H33N3O2S. The van der Waals surface area contributed by atoms with Gasteiger partial charge in [0.15, 0.2) is 0 Å². The number of fused-ring (bicyclic) bond motifs is 1. The van der Waals surface area contributed by atoms with Crippen LogP contribution in [0.4, 0.5) is 0 Å². The van der Waals surface area contributed by atoms with Gasteiger partial charge in [0.05, 0.1) is 0 Å². The van der Waals surface area contributed by atoms with E-state index >= 15 is 0 Å². The van der Waals surface area contributed by atoms with Crippen molar-refractivity contribution in [1.29, 1.82) is 0 Å². The van der Waals surface area contributed by atoms with Crippen LogP contribution in [0.5, 0.6) is 5.75 Å². The maximum Gasteiger partial charge on any atom is 0.348 e. The molecule has 0 radical (unpaired) electrons. The largest absolute Gasteiger partial charge is 0.489 e. The van der Waals surface area contributed by atoms with Crippen molar-refractivity contribution in [2.45, 2.75) is 57.0 Å². The molecule has 6 heteroatoms. The molecular weight excluding hydrogens is 430 g/mol. The van der Waals surface area contributed by atoms with Crippen molar-refractivity contribution in [3.05, 3.63) is 87.5 Å². The zero-order valence-electron chi connectivity index (χ0n) is 19.6. The molecule has 0 spiro atoms. The van der Waals surface area contributed by atoms with Crippen LogP contribution in [-0.2, 0) is 31.7 Å². The van der Waals surface area contributed by atoms with E-state index in [9.17, 15) is 4.79 Å². The molecule has 4 rings (SSSR count). The molecule has 5 nitrogen and oxygen atoms in total. The van der Waals surface area contributed by atoms with Crippen molar-refractivity contribution < 1.29 is 4.74 Å². The number of benzene rings is 2. The smallest absolute Gasteiger partial charge is 0.348 e. The SMILES string of the molecule is CCN(CC)CCn1c2c(c(SCc3ccc(OCc4ccccc4)cc3)nc1=O)CCC2. The fourth-order valence-electron chi connectivity index (χ4n) is 4.29. The molecule has 0 N–H and O–H groups in total. The first-order valence-corrected chi connectivity index (χ1v) is 12.9. The first-order chi connectivity index (χ1) is 16.2. The minimum absolute atomic E-state index is 0.102. The molecule has 33 heavy (non-hydrogen) atoms. The fraction of sp³-hybridized carbons (Fsp3) is 0.407. The number of aromatic nitrogens is 2. The van der Waals surface area contributed by atoms with E-state index in [1.54, 1.807) is 11.8 Å². The van der Waals surface area contributed by atoms with Crippen LogP contribution in [0.2, 0.25) is 0 Å². The van der Waals surface area contributed by atoms with Crippen LogP contribution >= 0.6 is 11.8 Å². The zero-order chi connectivity index (χ0) is 23.0. The zero-order valence-corrected chi connectivity index (χ0v) is 20.4. The Bertz CT molecular complexity index is 1090. The van der Waals surface area contributed by atoms with Crippen molar-refractivity contribution in [2.24, 2.45) is 0 Å². The van der Waals surface area contributed by atoms with Gasteiger partial charge >= 0.3 is 5.69 Å². The summed E-state index contributed by atoms with van der Waals surface area (Å²) in [5.41, 5.74) is 4.74. The Morgan fingerprint density at radius 1 is 1.00 bits per heavy atom. The van der Waals surface area contributed by atoms with Crippen molar-refractivity contribution >= 4 is 11.8 Å². The molecule has 174 valence electrons. The Labute approximate surface area is 200 Å². The number of nitrogens with zero attached hydrogens (tertiary/aromatic N) is 3. The minimum Gasteiger partial charge on any atom is -0.489 e. The molecule has 3 aromatic rings. The number of hydrogen-bond donors (Lipinski definition) is 0. The lowest BCUT2D eigenvalue weighted by Crippen LogP contribution is -2.33. The van der Waals surface area contributed by atoms with E-state index < -0.39 is 0 Å². The van der Waals surface area contributed by atoms with Gasteiger partial charge in [-0.2, -0.15) is 4.98 Å². The summed E-state index contributed by atoms with van der Waals surface area (Å²) in [6.45, 7) is 8.52. The van der Waals surface area contributed by atoms with Gasteiger partial charge in [-0.25, -0.2) is 4.79 Å². The predicted octanol–water partition coefficient (Wildman–Crippen LogP) is 4.95. The second kappa shape index (κ2) is 11.5. The highest BCUT2D eigenvalue weighted by atomic mass is 32.2. The summed E-state index contributed by atoms with van der Waals surface area (Å²) < 4.78 is 7.81. The van der Waals surface area contributed by atoms with E-state index in [-0.39, 0.29) is 5.69 Å². The Morgan fingerprint density at radius 2 is 1.76 bits per heavy atom. The lowest BCUT2D eigenvalue weighted by atomic mass is 10.2. The summed E-state index contributed by atoms with van der Waals surface area (Å²) in [6.07, 6.45) is 3.10. The molecule has 2 aromatic carbocycles. The summed E-state index contributed by atoms with van der Waals surface area (Å²) in [4.78, 5) is 19.7. The number of rotatable bonds is 11. The summed E-state index contributed by atoms with van der Waals surface area (Å²) in [6, 6.07) is 18.4. The van der Waals surface area contributed by atoms with E-state index in [0.29, 0.717) is 6.61 Å². The van der Waals surface area contributed by atoms with Gasteiger partial charge in [-0.1, -0.05) is 56.3 Å². The van der Waals surface area contributed by atoms with Gasteiger partial charge < -0.3 is 9.64 Å². The molecule has 0 fully saturated rings. The highest BCUT2D eigenvalue weighted by Gasteiger charge is 2.22. The topological polar surface area (TPSA) is 47.4 Å². The summed E-state index contributed by atoms with van der Waals surface area (Å²) in [7, 11) is 0. The van der Waals surface area contributed by atoms with E-state index in [2.05, 4.69) is 48.0 Å². The molecule has 1 aliphatic carbocycles. The van der Waals surface area contributed by atoms with Gasteiger partial charge in [0, 0.05) is 30.1 Å². The van der Waals surface area contributed by atoms with Crippen molar-refractivity contribution in [3.63, 3.8) is 0 Å². The Morgan fingerprint density at radius 3 is 2.48 bits per heavy atom. The van der Waals surface area contributed by atoms with Crippen LogP contribution in [0.1, 0.15) is 42.7 Å². The highest BCUT2D eigenvalue weighted by molar-refractivity contribution is 7.98. The molecule has 0 bridgehead atoms. The molecule has 0 aliphatic heterocycles. The van der Waals surface area contributed by atoms with Gasteiger partial charge in [0.25, 0.3) is 0 Å². The first kappa shape index (κ1) is 23.6. The summed E-state index contributed by atoms with van der Waals surface area (Å²) in [5.74, 6) is 1.66. The van der Waals surface area contributed by atoms with E-state index in [4.69, 9.17) is 4.74 Å². The maximum absolute atomic E-state index is 12.8. The Hall–Kier alpha value is -2.57. The molecule has 1 aromatic heterocycles.